The third-order valence-electron chi connectivity index (χ3n) is 4.30. The first kappa shape index (κ1) is 16.5. The zero-order valence-electron chi connectivity index (χ0n) is 13.0. The van der Waals surface area contributed by atoms with E-state index in [0.29, 0.717) is 23.6 Å². The maximum Gasteiger partial charge on any atom is 0.282 e. The summed E-state index contributed by atoms with van der Waals surface area (Å²) in [6, 6.07) is 3.22. The van der Waals surface area contributed by atoms with Crippen molar-refractivity contribution in [2.45, 2.75) is 31.8 Å². The number of aliphatic hydroxyl groups is 1. The molecule has 2 atom stereocenters. The number of likely N-dealkylation sites (tertiary alicyclic amines) is 1. The SMILES string of the molecule is COc1cc(C[NH+]2CCCC[C@H]2CO)c([N+](=O)[O-])cc1OC. The number of rotatable bonds is 6. The van der Waals surface area contributed by atoms with E-state index in [1.807, 2.05) is 0 Å². The smallest absolute Gasteiger partial charge is 0.282 e. The van der Waals surface area contributed by atoms with Crippen LogP contribution in [0.5, 0.6) is 11.5 Å². The quantitative estimate of drug-likeness (QED) is 0.591. The van der Waals surface area contributed by atoms with Gasteiger partial charge in [-0.3, -0.25) is 10.1 Å². The molecule has 1 saturated heterocycles. The number of hydrogen-bond acceptors (Lipinski definition) is 5. The topological polar surface area (TPSA) is 86.3 Å². The van der Waals surface area contributed by atoms with Crippen LogP contribution < -0.4 is 14.4 Å². The van der Waals surface area contributed by atoms with Crippen molar-refractivity contribution in [3.05, 3.63) is 27.8 Å². The summed E-state index contributed by atoms with van der Waals surface area (Å²) >= 11 is 0. The third kappa shape index (κ3) is 3.48. The third-order valence-corrected chi connectivity index (χ3v) is 4.30. The summed E-state index contributed by atoms with van der Waals surface area (Å²) in [5.74, 6) is 0.838. The Hall–Kier alpha value is -1.86. The van der Waals surface area contributed by atoms with Gasteiger partial charge in [0.05, 0.1) is 43.9 Å². The van der Waals surface area contributed by atoms with Crippen molar-refractivity contribution < 1.29 is 24.4 Å². The summed E-state index contributed by atoms with van der Waals surface area (Å²) < 4.78 is 10.4. The second kappa shape index (κ2) is 7.42. The number of methoxy groups -OCH3 is 2. The Labute approximate surface area is 129 Å². The van der Waals surface area contributed by atoms with Crippen molar-refractivity contribution in [2.75, 3.05) is 27.4 Å². The first-order valence-corrected chi connectivity index (χ1v) is 7.45. The van der Waals surface area contributed by atoms with Gasteiger partial charge in [0.1, 0.15) is 12.6 Å². The van der Waals surface area contributed by atoms with Gasteiger partial charge in [-0.15, -0.1) is 0 Å². The van der Waals surface area contributed by atoms with Crippen LogP contribution in [0.3, 0.4) is 0 Å². The Balaban J connectivity index is 2.33. The van der Waals surface area contributed by atoms with Crippen LogP contribution in [0, 0.1) is 10.1 Å². The predicted molar refractivity (Wildman–Crippen MR) is 80.5 cm³/mol. The van der Waals surface area contributed by atoms with Gasteiger partial charge in [0, 0.05) is 6.42 Å². The zero-order valence-corrected chi connectivity index (χ0v) is 13.0. The number of piperidine rings is 1. The monoisotopic (exact) mass is 311 g/mol. The molecule has 22 heavy (non-hydrogen) atoms. The van der Waals surface area contributed by atoms with Crippen LogP contribution in [0.4, 0.5) is 5.69 Å². The standard InChI is InChI=1S/C15H22N2O5/c1-21-14-7-11(13(17(19)20)8-15(14)22-2)9-16-6-4-3-5-12(16)10-18/h7-8,12,18H,3-6,9-10H2,1-2H3/p+1/t12-/m0/s1. The van der Waals surface area contributed by atoms with E-state index in [0.717, 1.165) is 25.8 Å². The average molecular weight is 311 g/mol. The Morgan fingerprint density at radius 3 is 2.59 bits per heavy atom. The highest BCUT2D eigenvalue weighted by molar-refractivity contribution is 5.54. The van der Waals surface area contributed by atoms with E-state index in [-0.39, 0.29) is 18.3 Å². The second-order valence-electron chi connectivity index (χ2n) is 5.55. The molecule has 7 heteroatoms. The molecular weight excluding hydrogens is 288 g/mol. The lowest BCUT2D eigenvalue weighted by molar-refractivity contribution is -0.944. The van der Waals surface area contributed by atoms with E-state index in [1.54, 1.807) is 6.07 Å². The molecule has 0 radical (unpaired) electrons. The normalized spacial score (nSPS) is 21.4. The summed E-state index contributed by atoms with van der Waals surface area (Å²) in [6.45, 7) is 1.52. The van der Waals surface area contributed by atoms with Crippen molar-refractivity contribution >= 4 is 5.69 Å². The fraction of sp³-hybridized carbons (Fsp3) is 0.600. The number of nitrogens with one attached hydrogen (secondary N) is 1. The number of nitro groups is 1. The van der Waals surface area contributed by atoms with E-state index in [1.165, 1.54) is 25.2 Å². The zero-order chi connectivity index (χ0) is 16.1. The highest BCUT2D eigenvalue weighted by Crippen LogP contribution is 2.34. The molecule has 1 aromatic carbocycles. The van der Waals surface area contributed by atoms with Crippen LogP contribution in [0.25, 0.3) is 0 Å². The molecule has 1 aliphatic heterocycles. The largest absolute Gasteiger partial charge is 0.493 e. The minimum atomic E-state index is -0.394. The van der Waals surface area contributed by atoms with Gasteiger partial charge in [-0.2, -0.15) is 0 Å². The van der Waals surface area contributed by atoms with Gasteiger partial charge in [0.25, 0.3) is 5.69 Å². The first-order valence-electron chi connectivity index (χ1n) is 7.45. The van der Waals surface area contributed by atoms with Gasteiger partial charge < -0.3 is 19.5 Å². The van der Waals surface area contributed by atoms with Crippen molar-refractivity contribution in [2.24, 2.45) is 0 Å². The molecule has 7 nitrogen and oxygen atoms in total. The molecule has 2 N–H and O–H groups in total. The average Bonchev–Trinajstić information content (AvgIpc) is 2.54. The van der Waals surface area contributed by atoms with Gasteiger partial charge in [0.15, 0.2) is 11.5 Å². The van der Waals surface area contributed by atoms with Gasteiger partial charge in [-0.1, -0.05) is 0 Å². The highest BCUT2D eigenvalue weighted by Gasteiger charge is 2.29. The summed E-state index contributed by atoms with van der Waals surface area (Å²) in [5.41, 5.74) is 0.644. The molecule has 0 amide bonds. The molecule has 1 heterocycles. The van der Waals surface area contributed by atoms with E-state index in [4.69, 9.17) is 9.47 Å². The number of nitro benzene ring substituents is 1. The molecule has 0 saturated carbocycles. The van der Waals surface area contributed by atoms with Crippen molar-refractivity contribution in [3.63, 3.8) is 0 Å². The van der Waals surface area contributed by atoms with Crippen LogP contribution in [0.1, 0.15) is 24.8 Å². The van der Waals surface area contributed by atoms with Gasteiger partial charge in [-0.25, -0.2) is 0 Å². The van der Waals surface area contributed by atoms with Crippen LogP contribution in [-0.4, -0.2) is 43.4 Å². The molecule has 122 valence electrons. The van der Waals surface area contributed by atoms with E-state index >= 15 is 0 Å². The lowest BCUT2D eigenvalue weighted by atomic mass is 10.0. The summed E-state index contributed by atoms with van der Waals surface area (Å²) in [4.78, 5) is 12.1. The van der Waals surface area contributed by atoms with Gasteiger partial charge in [0.2, 0.25) is 0 Å². The fourth-order valence-electron chi connectivity index (χ4n) is 3.07. The second-order valence-corrected chi connectivity index (χ2v) is 5.55. The van der Waals surface area contributed by atoms with Crippen molar-refractivity contribution in [3.8, 4) is 11.5 Å². The van der Waals surface area contributed by atoms with E-state index in [9.17, 15) is 15.2 Å². The molecule has 1 aliphatic rings. The maximum atomic E-state index is 11.3. The van der Waals surface area contributed by atoms with Crippen molar-refractivity contribution in [1.82, 2.24) is 0 Å². The fourth-order valence-corrected chi connectivity index (χ4v) is 3.07. The molecule has 0 aromatic heterocycles. The Morgan fingerprint density at radius 2 is 2.00 bits per heavy atom. The Morgan fingerprint density at radius 1 is 1.32 bits per heavy atom. The molecule has 1 aromatic rings. The number of nitrogens with zero attached hydrogens (tertiary/aromatic N) is 1. The minimum Gasteiger partial charge on any atom is -0.493 e. The molecule has 0 spiro atoms. The van der Waals surface area contributed by atoms with Gasteiger partial charge >= 0.3 is 0 Å². The summed E-state index contributed by atoms with van der Waals surface area (Å²) in [6.07, 6.45) is 3.13. The highest BCUT2D eigenvalue weighted by atomic mass is 16.6. The molecule has 1 fully saturated rings. The van der Waals surface area contributed by atoms with Gasteiger partial charge in [-0.05, 0) is 18.9 Å². The molecule has 0 bridgehead atoms. The predicted octanol–water partition coefficient (Wildman–Crippen LogP) is 0.542. The lowest BCUT2D eigenvalue weighted by Gasteiger charge is -2.31. The minimum absolute atomic E-state index is 0.0346. The summed E-state index contributed by atoms with van der Waals surface area (Å²) in [7, 11) is 2.97. The van der Waals surface area contributed by atoms with Crippen LogP contribution in [0.2, 0.25) is 0 Å². The summed E-state index contributed by atoms with van der Waals surface area (Å²) in [5, 5.41) is 20.8. The number of quaternary nitrogens is 1. The number of hydrogen-bond donors (Lipinski definition) is 2. The van der Waals surface area contributed by atoms with Crippen LogP contribution in [-0.2, 0) is 6.54 Å². The molecule has 2 rings (SSSR count). The first-order chi connectivity index (χ1) is 10.6. The van der Waals surface area contributed by atoms with E-state index < -0.39 is 4.92 Å². The number of aliphatic hydroxyl groups excluding tert-OH is 1. The number of ether oxygens (including phenoxy) is 2. The van der Waals surface area contributed by atoms with E-state index in [2.05, 4.69) is 0 Å². The maximum absolute atomic E-state index is 11.3. The lowest BCUT2D eigenvalue weighted by Crippen LogP contribution is -3.15. The van der Waals surface area contributed by atoms with Crippen molar-refractivity contribution in [1.29, 1.82) is 0 Å². The van der Waals surface area contributed by atoms with Crippen LogP contribution in [0.15, 0.2) is 12.1 Å². The Kier molecular flexibility index (Phi) is 5.57. The number of benzene rings is 1. The molecular formula is C15H23N2O5+. The molecule has 1 unspecified atom stereocenters. The Bertz CT molecular complexity index is 535. The van der Waals surface area contributed by atoms with Crippen LogP contribution >= 0.6 is 0 Å². The molecule has 0 aliphatic carbocycles.